The van der Waals surface area contributed by atoms with Crippen molar-refractivity contribution in [2.75, 3.05) is 14.2 Å². The van der Waals surface area contributed by atoms with Gasteiger partial charge in [0.1, 0.15) is 11.3 Å². The predicted molar refractivity (Wildman–Crippen MR) is 91.6 cm³/mol. The number of aryl methyl sites for hydroxylation is 1. The number of pyridine rings is 1. The molecular weight excluding hydrogens is 304 g/mol. The van der Waals surface area contributed by atoms with E-state index in [0.29, 0.717) is 11.5 Å². The third-order valence-corrected chi connectivity index (χ3v) is 4.04. The maximum Gasteiger partial charge on any atom is 0.258 e. The Balaban J connectivity index is 2.04. The molecule has 0 amide bonds. The summed E-state index contributed by atoms with van der Waals surface area (Å²) in [6.07, 6.45) is 5.39. The van der Waals surface area contributed by atoms with E-state index in [1.54, 1.807) is 20.4 Å². The van der Waals surface area contributed by atoms with Gasteiger partial charge in [-0.1, -0.05) is 6.07 Å². The Morgan fingerprint density at radius 3 is 2.67 bits per heavy atom. The van der Waals surface area contributed by atoms with Crippen LogP contribution in [0, 0.1) is 6.92 Å². The minimum Gasteiger partial charge on any atom is -0.494 e. The van der Waals surface area contributed by atoms with Crippen molar-refractivity contribution in [2.45, 2.75) is 6.92 Å². The summed E-state index contributed by atoms with van der Waals surface area (Å²) >= 11 is 0. The summed E-state index contributed by atoms with van der Waals surface area (Å²) in [4.78, 5) is 13.3. The van der Waals surface area contributed by atoms with Crippen LogP contribution in [0.15, 0.2) is 42.9 Å². The Morgan fingerprint density at radius 2 is 1.88 bits per heavy atom. The van der Waals surface area contributed by atoms with Crippen molar-refractivity contribution in [3.8, 4) is 22.9 Å². The van der Waals surface area contributed by atoms with Gasteiger partial charge >= 0.3 is 0 Å². The summed E-state index contributed by atoms with van der Waals surface area (Å²) in [6.45, 7) is 1.97. The van der Waals surface area contributed by atoms with Crippen LogP contribution in [0.2, 0.25) is 0 Å². The monoisotopic (exact) mass is 320 g/mol. The average Bonchev–Trinajstić information content (AvgIpc) is 3.04. The highest BCUT2D eigenvalue weighted by molar-refractivity contribution is 5.97. The molecule has 0 spiro atoms. The molecule has 0 radical (unpaired) electrons. The molecule has 0 fully saturated rings. The molecule has 0 aliphatic rings. The van der Waals surface area contributed by atoms with Crippen molar-refractivity contribution < 1.29 is 9.47 Å². The number of hydrogen-bond donors (Lipinski definition) is 0. The minimum atomic E-state index is 0.496. The van der Waals surface area contributed by atoms with Gasteiger partial charge in [0.2, 0.25) is 5.65 Å². The fourth-order valence-corrected chi connectivity index (χ4v) is 2.92. The maximum absolute atomic E-state index is 5.46. The number of aromatic nitrogens is 4. The Morgan fingerprint density at radius 1 is 1.00 bits per heavy atom. The molecule has 0 aliphatic heterocycles. The number of rotatable bonds is 3. The molecule has 4 aromatic rings. The van der Waals surface area contributed by atoms with Crippen LogP contribution in [-0.4, -0.2) is 33.6 Å². The molecule has 6 heteroatoms. The molecular formula is C18H16N4O2. The van der Waals surface area contributed by atoms with Gasteiger partial charge in [0.05, 0.1) is 26.1 Å². The summed E-state index contributed by atoms with van der Waals surface area (Å²) in [5, 5.41) is 1.01. The smallest absolute Gasteiger partial charge is 0.258 e. The van der Waals surface area contributed by atoms with E-state index in [2.05, 4.69) is 21.0 Å². The lowest BCUT2D eigenvalue weighted by Gasteiger charge is -2.10. The molecule has 6 nitrogen and oxygen atoms in total. The normalized spacial score (nSPS) is 11.1. The fraction of sp³-hybridized carbons (Fsp3) is 0.167. The Bertz CT molecular complexity index is 1060. The molecule has 24 heavy (non-hydrogen) atoms. The van der Waals surface area contributed by atoms with E-state index in [1.165, 1.54) is 0 Å². The average molecular weight is 320 g/mol. The summed E-state index contributed by atoms with van der Waals surface area (Å²) < 4.78 is 12.7. The summed E-state index contributed by atoms with van der Waals surface area (Å²) in [5.74, 6) is 1.25. The van der Waals surface area contributed by atoms with Crippen LogP contribution in [0.25, 0.3) is 27.8 Å². The predicted octanol–water partition coefficient (Wildman–Crippen LogP) is 3.27. The van der Waals surface area contributed by atoms with Crippen LogP contribution in [0.5, 0.6) is 11.6 Å². The molecule has 120 valence electrons. The van der Waals surface area contributed by atoms with Crippen molar-refractivity contribution in [3.63, 3.8) is 0 Å². The van der Waals surface area contributed by atoms with Gasteiger partial charge < -0.3 is 9.47 Å². The topological polar surface area (TPSA) is 61.5 Å². The molecule has 0 bridgehead atoms. The van der Waals surface area contributed by atoms with E-state index < -0.39 is 0 Å². The highest BCUT2D eigenvalue weighted by atomic mass is 16.5. The highest BCUT2D eigenvalue weighted by Crippen LogP contribution is 2.34. The lowest BCUT2D eigenvalue weighted by Crippen LogP contribution is -1.96. The van der Waals surface area contributed by atoms with Gasteiger partial charge in [-0.3, -0.25) is 4.40 Å². The Hall–Kier alpha value is -3.15. The molecule has 0 atom stereocenters. The highest BCUT2D eigenvalue weighted by Gasteiger charge is 2.15. The number of fused-ring (bicyclic) bond motifs is 2. The molecule has 3 aromatic heterocycles. The van der Waals surface area contributed by atoms with Gasteiger partial charge in [-0.15, -0.1) is 0 Å². The third-order valence-electron chi connectivity index (χ3n) is 4.04. The van der Waals surface area contributed by atoms with Gasteiger partial charge in [-0.25, -0.2) is 15.0 Å². The zero-order valence-corrected chi connectivity index (χ0v) is 13.6. The number of nitrogens with zero attached hydrogens (tertiary/aromatic N) is 4. The van der Waals surface area contributed by atoms with Gasteiger partial charge in [0.25, 0.3) is 5.88 Å². The Labute approximate surface area is 138 Å². The van der Waals surface area contributed by atoms with Crippen molar-refractivity contribution >= 4 is 16.6 Å². The molecule has 0 N–H and O–H groups in total. The van der Waals surface area contributed by atoms with E-state index >= 15 is 0 Å². The van der Waals surface area contributed by atoms with E-state index in [-0.39, 0.29) is 0 Å². The molecule has 0 saturated heterocycles. The van der Waals surface area contributed by atoms with Crippen molar-refractivity contribution in [2.24, 2.45) is 0 Å². The van der Waals surface area contributed by atoms with Gasteiger partial charge in [0.15, 0.2) is 0 Å². The summed E-state index contributed by atoms with van der Waals surface area (Å²) in [5.41, 5.74) is 4.44. The number of hydrogen-bond acceptors (Lipinski definition) is 5. The van der Waals surface area contributed by atoms with E-state index in [9.17, 15) is 0 Å². The number of methoxy groups -OCH3 is 2. The molecule has 1 aromatic carbocycles. The first-order chi connectivity index (χ1) is 11.7. The minimum absolute atomic E-state index is 0.496. The van der Waals surface area contributed by atoms with Crippen molar-refractivity contribution in [1.29, 1.82) is 0 Å². The van der Waals surface area contributed by atoms with Crippen LogP contribution in [0.1, 0.15) is 5.69 Å². The number of benzene rings is 1. The third kappa shape index (κ3) is 2.07. The first kappa shape index (κ1) is 14.4. The molecule has 0 unspecified atom stereocenters. The SMILES string of the molecule is COc1ccc(-c2cnc3c(OC)nccn23)c2ccc(C)nc12. The fourth-order valence-electron chi connectivity index (χ4n) is 2.92. The lowest BCUT2D eigenvalue weighted by atomic mass is 10.0. The van der Waals surface area contributed by atoms with Gasteiger partial charge in [-0.2, -0.15) is 0 Å². The quantitative estimate of drug-likeness (QED) is 0.580. The second kappa shape index (κ2) is 5.49. The molecule has 0 saturated carbocycles. The van der Waals surface area contributed by atoms with Crippen molar-refractivity contribution in [3.05, 3.63) is 48.5 Å². The van der Waals surface area contributed by atoms with Crippen LogP contribution >= 0.6 is 0 Å². The lowest BCUT2D eigenvalue weighted by molar-refractivity contribution is 0.400. The second-order valence-electron chi connectivity index (χ2n) is 5.44. The van der Waals surface area contributed by atoms with Crippen LogP contribution in [0.3, 0.4) is 0 Å². The molecule has 0 aliphatic carbocycles. The van der Waals surface area contributed by atoms with Crippen LogP contribution in [-0.2, 0) is 0 Å². The van der Waals surface area contributed by atoms with Crippen molar-refractivity contribution in [1.82, 2.24) is 19.4 Å². The maximum atomic E-state index is 5.46. The van der Waals surface area contributed by atoms with E-state index in [1.807, 2.05) is 41.9 Å². The second-order valence-corrected chi connectivity index (χ2v) is 5.44. The molecule has 3 heterocycles. The standard InChI is InChI=1S/C18H16N4O2/c1-11-4-5-13-12(6-7-15(23-2)16(13)21-11)14-10-20-17-18(24-3)19-8-9-22(14)17/h4-10H,1-3H3. The Kier molecular flexibility index (Phi) is 3.30. The number of ether oxygens (including phenoxy) is 2. The molecule has 4 rings (SSSR count). The first-order valence-corrected chi connectivity index (χ1v) is 7.53. The van der Waals surface area contributed by atoms with Crippen LogP contribution in [0.4, 0.5) is 0 Å². The van der Waals surface area contributed by atoms with Crippen LogP contribution < -0.4 is 9.47 Å². The first-order valence-electron chi connectivity index (χ1n) is 7.53. The number of imidazole rings is 1. The van der Waals surface area contributed by atoms with Gasteiger partial charge in [0, 0.05) is 29.0 Å². The largest absolute Gasteiger partial charge is 0.494 e. The zero-order chi connectivity index (χ0) is 16.7. The zero-order valence-electron chi connectivity index (χ0n) is 13.6. The van der Waals surface area contributed by atoms with Gasteiger partial charge in [-0.05, 0) is 25.1 Å². The van der Waals surface area contributed by atoms with E-state index in [0.717, 1.165) is 33.6 Å². The van der Waals surface area contributed by atoms with E-state index in [4.69, 9.17) is 9.47 Å². The summed E-state index contributed by atoms with van der Waals surface area (Å²) in [7, 11) is 3.25. The summed E-state index contributed by atoms with van der Waals surface area (Å²) in [6, 6.07) is 8.01.